The van der Waals surface area contributed by atoms with Crippen molar-refractivity contribution in [2.24, 2.45) is 0 Å². The van der Waals surface area contributed by atoms with Crippen LogP contribution in [-0.4, -0.2) is 18.6 Å². The van der Waals surface area contributed by atoms with E-state index in [1.165, 1.54) is 6.07 Å². The lowest BCUT2D eigenvalue weighted by molar-refractivity contribution is -0.137. The van der Waals surface area contributed by atoms with Gasteiger partial charge in [-0.25, -0.2) is 0 Å². The number of benzene rings is 1. The molecule has 0 saturated heterocycles. The molecule has 0 heterocycles. The number of rotatable bonds is 6. The van der Waals surface area contributed by atoms with Gasteiger partial charge in [-0.2, -0.15) is 24.9 Å². The third kappa shape index (κ3) is 4.73. The standard InChI is InChI=1S/C14H20F3NS/c1-4-7-19-9-13(18-3)12-6-5-11(8-10(12)2)14(15,16)17/h5-6,8,13,18H,4,7,9H2,1-3H3. The fraction of sp³-hybridized carbons (Fsp3) is 0.571. The topological polar surface area (TPSA) is 12.0 Å². The van der Waals surface area contributed by atoms with Gasteiger partial charge in [-0.05, 0) is 49.4 Å². The lowest BCUT2D eigenvalue weighted by atomic mass is 10.00. The molecular formula is C14H20F3NS. The van der Waals surface area contributed by atoms with Crippen LogP contribution in [0.5, 0.6) is 0 Å². The molecule has 1 N–H and O–H groups in total. The van der Waals surface area contributed by atoms with Crippen LogP contribution < -0.4 is 5.32 Å². The Hall–Kier alpha value is -0.680. The predicted molar refractivity (Wildman–Crippen MR) is 75.6 cm³/mol. The SMILES string of the molecule is CCCSCC(NC)c1ccc(C(F)(F)F)cc1C. The molecule has 0 aliphatic rings. The van der Waals surface area contributed by atoms with Gasteiger partial charge in [-0.3, -0.25) is 0 Å². The van der Waals surface area contributed by atoms with Crippen molar-refractivity contribution >= 4 is 11.8 Å². The van der Waals surface area contributed by atoms with Crippen LogP contribution in [0.2, 0.25) is 0 Å². The van der Waals surface area contributed by atoms with Gasteiger partial charge in [0.05, 0.1) is 5.56 Å². The molecule has 1 rings (SSSR count). The van der Waals surface area contributed by atoms with Crippen LogP contribution in [0, 0.1) is 6.92 Å². The summed E-state index contributed by atoms with van der Waals surface area (Å²) in [6.07, 6.45) is -3.16. The zero-order valence-electron chi connectivity index (χ0n) is 11.5. The van der Waals surface area contributed by atoms with Crippen LogP contribution in [0.15, 0.2) is 18.2 Å². The summed E-state index contributed by atoms with van der Waals surface area (Å²) in [4.78, 5) is 0. The number of hydrogen-bond acceptors (Lipinski definition) is 2. The second-order valence-electron chi connectivity index (χ2n) is 4.49. The van der Waals surface area contributed by atoms with Crippen LogP contribution in [0.3, 0.4) is 0 Å². The summed E-state index contributed by atoms with van der Waals surface area (Å²) >= 11 is 1.81. The Balaban J connectivity index is 2.87. The molecular weight excluding hydrogens is 271 g/mol. The fourth-order valence-electron chi connectivity index (χ4n) is 1.92. The number of thioether (sulfide) groups is 1. The van der Waals surface area contributed by atoms with Crippen molar-refractivity contribution in [3.8, 4) is 0 Å². The largest absolute Gasteiger partial charge is 0.416 e. The van der Waals surface area contributed by atoms with Crippen LogP contribution in [0.1, 0.15) is 36.1 Å². The van der Waals surface area contributed by atoms with Crippen molar-refractivity contribution in [2.75, 3.05) is 18.6 Å². The zero-order chi connectivity index (χ0) is 14.5. The fourth-order valence-corrected chi connectivity index (χ4v) is 2.95. The molecule has 108 valence electrons. The summed E-state index contributed by atoms with van der Waals surface area (Å²) in [5.74, 6) is 1.94. The average Bonchev–Trinajstić information content (AvgIpc) is 2.34. The molecule has 19 heavy (non-hydrogen) atoms. The molecule has 0 spiro atoms. The van der Waals surface area contributed by atoms with Crippen LogP contribution in [0.4, 0.5) is 13.2 Å². The summed E-state index contributed by atoms with van der Waals surface area (Å²) in [5.41, 5.74) is 1.05. The summed E-state index contributed by atoms with van der Waals surface area (Å²) in [6.45, 7) is 3.85. The highest BCUT2D eigenvalue weighted by molar-refractivity contribution is 7.99. The minimum Gasteiger partial charge on any atom is -0.312 e. The van der Waals surface area contributed by atoms with Crippen molar-refractivity contribution < 1.29 is 13.2 Å². The van der Waals surface area contributed by atoms with Gasteiger partial charge in [0, 0.05) is 11.8 Å². The van der Waals surface area contributed by atoms with Crippen LogP contribution >= 0.6 is 11.8 Å². The molecule has 1 atom stereocenters. The van der Waals surface area contributed by atoms with E-state index in [0.717, 1.165) is 29.6 Å². The Labute approximate surface area is 117 Å². The minimum absolute atomic E-state index is 0.0961. The van der Waals surface area contributed by atoms with Gasteiger partial charge in [0.25, 0.3) is 0 Å². The van der Waals surface area contributed by atoms with Gasteiger partial charge in [0.1, 0.15) is 0 Å². The van der Waals surface area contributed by atoms with Crippen molar-refractivity contribution in [1.29, 1.82) is 0 Å². The normalized spacial score (nSPS) is 13.6. The van der Waals surface area contributed by atoms with Gasteiger partial charge >= 0.3 is 6.18 Å². The van der Waals surface area contributed by atoms with E-state index in [2.05, 4.69) is 12.2 Å². The first-order valence-electron chi connectivity index (χ1n) is 6.33. The second-order valence-corrected chi connectivity index (χ2v) is 5.64. The van der Waals surface area contributed by atoms with E-state index >= 15 is 0 Å². The Kier molecular flexibility index (Phi) is 6.20. The van der Waals surface area contributed by atoms with E-state index in [9.17, 15) is 13.2 Å². The van der Waals surface area contributed by atoms with E-state index < -0.39 is 11.7 Å². The Morgan fingerprint density at radius 2 is 2.00 bits per heavy atom. The van der Waals surface area contributed by atoms with E-state index in [1.54, 1.807) is 13.0 Å². The summed E-state index contributed by atoms with van der Waals surface area (Å²) in [7, 11) is 1.84. The number of nitrogens with one attached hydrogen (secondary N) is 1. The van der Waals surface area contributed by atoms with E-state index in [4.69, 9.17) is 0 Å². The van der Waals surface area contributed by atoms with E-state index in [0.29, 0.717) is 5.56 Å². The molecule has 0 amide bonds. The molecule has 1 aromatic carbocycles. The van der Waals surface area contributed by atoms with Crippen molar-refractivity contribution in [3.05, 3.63) is 34.9 Å². The average molecular weight is 291 g/mol. The van der Waals surface area contributed by atoms with Crippen LogP contribution in [0.25, 0.3) is 0 Å². The third-order valence-corrected chi connectivity index (χ3v) is 4.22. The molecule has 0 aliphatic heterocycles. The quantitative estimate of drug-likeness (QED) is 0.779. The number of alkyl halides is 3. The zero-order valence-corrected chi connectivity index (χ0v) is 12.3. The Morgan fingerprint density at radius 3 is 2.47 bits per heavy atom. The maximum atomic E-state index is 12.6. The van der Waals surface area contributed by atoms with Crippen molar-refractivity contribution in [1.82, 2.24) is 5.32 Å². The van der Waals surface area contributed by atoms with Crippen LogP contribution in [-0.2, 0) is 6.18 Å². The monoisotopic (exact) mass is 291 g/mol. The molecule has 0 aromatic heterocycles. The van der Waals surface area contributed by atoms with E-state index in [-0.39, 0.29) is 6.04 Å². The van der Waals surface area contributed by atoms with Crippen molar-refractivity contribution in [3.63, 3.8) is 0 Å². The minimum atomic E-state index is -4.27. The number of halogens is 3. The molecule has 5 heteroatoms. The first-order chi connectivity index (χ1) is 8.90. The molecule has 0 aliphatic carbocycles. The molecule has 1 unspecified atom stereocenters. The van der Waals surface area contributed by atoms with Gasteiger partial charge < -0.3 is 5.32 Å². The summed E-state index contributed by atoms with van der Waals surface area (Å²) in [6, 6.07) is 4.08. The highest BCUT2D eigenvalue weighted by Crippen LogP contribution is 2.32. The Bertz CT molecular complexity index is 404. The Morgan fingerprint density at radius 1 is 1.32 bits per heavy atom. The molecule has 1 nitrogen and oxygen atoms in total. The maximum Gasteiger partial charge on any atom is 0.416 e. The highest BCUT2D eigenvalue weighted by Gasteiger charge is 2.30. The molecule has 0 radical (unpaired) electrons. The highest BCUT2D eigenvalue weighted by atomic mass is 32.2. The lowest BCUT2D eigenvalue weighted by Crippen LogP contribution is -2.20. The first kappa shape index (κ1) is 16.4. The third-order valence-electron chi connectivity index (χ3n) is 2.95. The van der Waals surface area contributed by atoms with Gasteiger partial charge in [-0.1, -0.05) is 13.0 Å². The molecule has 0 fully saturated rings. The summed E-state index contributed by atoms with van der Waals surface area (Å²) in [5, 5.41) is 3.17. The predicted octanol–water partition coefficient (Wildman–Crippen LogP) is 4.42. The maximum absolute atomic E-state index is 12.6. The van der Waals surface area contributed by atoms with E-state index in [1.807, 2.05) is 18.8 Å². The number of aryl methyl sites for hydroxylation is 1. The molecule has 1 aromatic rings. The lowest BCUT2D eigenvalue weighted by Gasteiger charge is -2.19. The second kappa shape index (κ2) is 7.20. The smallest absolute Gasteiger partial charge is 0.312 e. The number of hydrogen-bond donors (Lipinski definition) is 1. The molecule has 0 saturated carbocycles. The molecule has 0 bridgehead atoms. The van der Waals surface area contributed by atoms with Gasteiger partial charge in [0.15, 0.2) is 0 Å². The first-order valence-corrected chi connectivity index (χ1v) is 7.48. The summed E-state index contributed by atoms with van der Waals surface area (Å²) < 4.78 is 37.8. The van der Waals surface area contributed by atoms with Gasteiger partial charge in [0.2, 0.25) is 0 Å². The van der Waals surface area contributed by atoms with Crippen molar-refractivity contribution in [2.45, 2.75) is 32.5 Å². The van der Waals surface area contributed by atoms with Gasteiger partial charge in [-0.15, -0.1) is 0 Å².